The zero-order valence-corrected chi connectivity index (χ0v) is 12.2. The van der Waals surface area contributed by atoms with Gasteiger partial charge in [-0.05, 0) is 62.6 Å². The molecule has 1 aliphatic rings. The molecular weight excluding hydrogens is 222 g/mol. The second kappa shape index (κ2) is 5.43. The maximum Gasteiger partial charge on any atom is 0.0524 e. The molecular formula is C15H27N3. The molecule has 102 valence electrons. The second-order valence-corrected chi connectivity index (χ2v) is 6.46. The molecule has 3 heteroatoms. The third-order valence-corrected chi connectivity index (χ3v) is 4.41. The Morgan fingerprint density at radius 2 is 2.28 bits per heavy atom. The number of nitrogens with zero attached hydrogens (tertiary/aromatic N) is 2. The number of hydrogen-bond acceptors (Lipinski definition) is 2. The highest BCUT2D eigenvalue weighted by molar-refractivity contribution is 5.15. The summed E-state index contributed by atoms with van der Waals surface area (Å²) in [7, 11) is 2.06. The van der Waals surface area contributed by atoms with E-state index in [0.717, 1.165) is 19.0 Å². The van der Waals surface area contributed by atoms with E-state index in [1.807, 2.05) is 4.68 Å². The molecule has 1 fully saturated rings. The fraction of sp³-hybridized carbons (Fsp3) is 0.800. The van der Waals surface area contributed by atoms with Gasteiger partial charge in [0.15, 0.2) is 0 Å². The first-order valence-corrected chi connectivity index (χ1v) is 7.22. The van der Waals surface area contributed by atoms with Crippen LogP contribution in [0.15, 0.2) is 12.4 Å². The van der Waals surface area contributed by atoms with Crippen molar-refractivity contribution in [1.29, 1.82) is 0 Å². The molecule has 0 amide bonds. The number of rotatable bonds is 4. The largest absolute Gasteiger partial charge is 0.319 e. The molecule has 2 unspecified atom stereocenters. The quantitative estimate of drug-likeness (QED) is 0.889. The average Bonchev–Trinajstić information content (AvgIpc) is 2.80. The molecule has 1 heterocycles. The van der Waals surface area contributed by atoms with E-state index in [1.54, 1.807) is 0 Å². The van der Waals surface area contributed by atoms with Crippen LogP contribution in [0.25, 0.3) is 0 Å². The van der Waals surface area contributed by atoms with Crippen molar-refractivity contribution in [3.63, 3.8) is 0 Å². The maximum atomic E-state index is 4.45. The molecule has 0 aliphatic heterocycles. The summed E-state index contributed by atoms with van der Waals surface area (Å²) in [5.74, 6) is 1.43. The summed E-state index contributed by atoms with van der Waals surface area (Å²) in [6, 6.07) is 0. The van der Waals surface area contributed by atoms with Crippen LogP contribution in [0, 0.1) is 11.3 Å². The SMILES string of the molecule is CCn1cc(C2CC(C)(C)CCC2CNC)cn1. The van der Waals surface area contributed by atoms with Gasteiger partial charge in [0.2, 0.25) is 0 Å². The zero-order valence-electron chi connectivity index (χ0n) is 12.2. The summed E-state index contributed by atoms with van der Waals surface area (Å²) >= 11 is 0. The highest BCUT2D eigenvalue weighted by atomic mass is 15.3. The van der Waals surface area contributed by atoms with Crippen molar-refractivity contribution < 1.29 is 0 Å². The summed E-state index contributed by atoms with van der Waals surface area (Å²) in [6.45, 7) is 9.04. The van der Waals surface area contributed by atoms with Crippen LogP contribution in [0.1, 0.15) is 51.5 Å². The van der Waals surface area contributed by atoms with Gasteiger partial charge in [0, 0.05) is 12.7 Å². The molecule has 0 aromatic carbocycles. The van der Waals surface area contributed by atoms with E-state index in [-0.39, 0.29) is 0 Å². The Hall–Kier alpha value is -0.830. The lowest BCUT2D eigenvalue weighted by atomic mass is 9.65. The van der Waals surface area contributed by atoms with Crippen LogP contribution in [0.4, 0.5) is 0 Å². The van der Waals surface area contributed by atoms with Gasteiger partial charge in [0.25, 0.3) is 0 Å². The summed E-state index contributed by atoms with van der Waals surface area (Å²) < 4.78 is 2.05. The molecule has 1 N–H and O–H groups in total. The summed E-state index contributed by atoms with van der Waals surface area (Å²) in [6.07, 6.45) is 8.29. The van der Waals surface area contributed by atoms with Crippen LogP contribution in [-0.2, 0) is 6.54 Å². The van der Waals surface area contributed by atoms with Crippen molar-refractivity contribution in [1.82, 2.24) is 15.1 Å². The second-order valence-electron chi connectivity index (χ2n) is 6.46. The molecule has 1 aliphatic carbocycles. The Morgan fingerprint density at radius 1 is 1.50 bits per heavy atom. The zero-order chi connectivity index (χ0) is 13.2. The summed E-state index contributed by atoms with van der Waals surface area (Å²) in [5.41, 5.74) is 1.91. The molecule has 0 spiro atoms. The predicted molar refractivity (Wildman–Crippen MR) is 75.7 cm³/mol. The minimum atomic E-state index is 0.475. The Balaban J connectivity index is 2.18. The number of hydrogen-bond donors (Lipinski definition) is 1. The number of aryl methyl sites for hydroxylation is 1. The van der Waals surface area contributed by atoms with Crippen molar-refractivity contribution >= 4 is 0 Å². The van der Waals surface area contributed by atoms with E-state index in [1.165, 1.54) is 24.8 Å². The molecule has 18 heavy (non-hydrogen) atoms. The molecule has 0 saturated heterocycles. The van der Waals surface area contributed by atoms with E-state index in [9.17, 15) is 0 Å². The smallest absolute Gasteiger partial charge is 0.0524 e. The Kier molecular flexibility index (Phi) is 4.10. The monoisotopic (exact) mass is 249 g/mol. The van der Waals surface area contributed by atoms with E-state index < -0.39 is 0 Å². The molecule has 0 radical (unpaired) electrons. The van der Waals surface area contributed by atoms with Crippen LogP contribution >= 0.6 is 0 Å². The van der Waals surface area contributed by atoms with Crippen molar-refractivity contribution in [2.45, 2.75) is 52.5 Å². The first-order chi connectivity index (χ1) is 8.55. The summed E-state index contributed by atoms with van der Waals surface area (Å²) in [4.78, 5) is 0. The van der Waals surface area contributed by atoms with Gasteiger partial charge >= 0.3 is 0 Å². The van der Waals surface area contributed by atoms with Gasteiger partial charge < -0.3 is 5.32 Å². The fourth-order valence-corrected chi connectivity index (χ4v) is 3.28. The van der Waals surface area contributed by atoms with E-state index in [2.05, 4.69) is 50.6 Å². The van der Waals surface area contributed by atoms with Crippen molar-refractivity contribution in [3.8, 4) is 0 Å². The highest BCUT2D eigenvalue weighted by Crippen LogP contribution is 2.46. The lowest BCUT2D eigenvalue weighted by Gasteiger charge is -2.40. The Bertz CT molecular complexity index is 381. The molecule has 1 aromatic heterocycles. The third kappa shape index (κ3) is 2.94. The molecule has 1 aromatic rings. The topological polar surface area (TPSA) is 29.9 Å². The van der Waals surface area contributed by atoms with E-state index in [0.29, 0.717) is 11.3 Å². The van der Waals surface area contributed by atoms with Crippen molar-refractivity contribution in [3.05, 3.63) is 18.0 Å². The van der Waals surface area contributed by atoms with Gasteiger partial charge in [0.05, 0.1) is 6.20 Å². The average molecular weight is 249 g/mol. The van der Waals surface area contributed by atoms with Gasteiger partial charge in [-0.1, -0.05) is 13.8 Å². The number of aromatic nitrogens is 2. The van der Waals surface area contributed by atoms with E-state index in [4.69, 9.17) is 0 Å². The minimum Gasteiger partial charge on any atom is -0.319 e. The van der Waals surface area contributed by atoms with Crippen LogP contribution in [-0.4, -0.2) is 23.4 Å². The summed E-state index contributed by atoms with van der Waals surface area (Å²) in [5, 5.41) is 7.81. The molecule has 3 nitrogen and oxygen atoms in total. The Morgan fingerprint density at radius 3 is 2.89 bits per heavy atom. The van der Waals surface area contributed by atoms with Crippen LogP contribution in [0.3, 0.4) is 0 Å². The molecule has 0 bridgehead atoms. The Labute approximate surface area is 111 Å². The highest BCUT2D eigenvalue weighted by Gasteiger charge is 2.35. The van der Waals surface area contributed by atoms with Crippen LogP contribution < -0.4 is 5.32 Å². The van der Waals surface area contributed by atoms with Gasteiger partial charge in [0.1, 0.15) is 0 Å². The first-order valence-electron chi connectivity index (χ1n) is 7.22. The molecule has 1 saturated carbocycles. The van der Waals surface area contributed by atoms with E-state index >= 15 is 0 Å². The van der Waals surface area contributed by atoms with Gasteiger partial charge in [-0.25, -0.2) is 0 Å². The normalized spacial score (nSPS) is 27.3. The first kappa shape index (κ1) is 13.6. The molecule has 2 atom stereocenters. The van der Waals surface area contributed by atoms with Crippen LogP contribution in [0.2, 0.25) is 0 Å². The number of nitrogens with one attached hydrogen (secondary N) is 1. The van der Waals surface area contributed by atoms with Gasteiger partial charge in [-0.3, -0.25) is 4.68 Å². The third-order valence-electron chi connectivity index (χ3n) is 4.41. The van der Waals surface area contributed by atoms with Gasteiger partial charge in [-0.15, -0.1) is 0 Å². The maximum absolute atomic E-state index is 4.45. The van der Waals surface area contributed by atoms with Crippen LogP contribution in [0.5, 0.6) is 0 Å². The lowest BCUT2D eigenvalue weighted by molar-refractivity contribution is 0.161. The predicted octanol–water partition coefficient (Wildman–Crippen LogP) is 3.03. The van der Waals surface area contributed by atoms with Crippen molar-refractivity contribution in [2.24, 2.45) is 11.3 Å². The standard InChI is InChI=1S/C15H27N3/c1-5-18-11-13(10-17-18)14-8-15(2,3)7-6-12(14)9-16-4/h10-12,14,16H,5-9H2,1-4H3. The van der Waals surface area contributed by atoms with Gasteiger partial charge in [-0.2, -0.15) is 5.10 Å². The fourth-order valence-electron chi connectivity index (χ4n) is 3.28. The minimum absolute atomic E-state index is 0.475. The lowest BCUT2D eigenvalue weighted by Crippen LogP contribution is -2.33. The van der Waals surface area contributed by atoms with Crippen molar-refractivity contribution in [2.75, 3.05) is 13.6 Å². The molecule has 2 rings (SSSR count).